The van der Waals surface area contributed by atoms with E-state index in [9.17, 15) is 52.8 Å². The molecule has 1 amide bonds. The van der Waals surface area contributed by atoms with Crippen molar-refractivity contribution in [3.05, 3.63) is 51.3 Å². The molecule has 0 spiro atoms. The number of anilines is 1. The van der Waals surface area contributed by atoms with E-state index in [2.05, 4.69) is 43.7 Å². The Balaban J connectivity index is 1.28. The summed E-state index contributed by atoms with van der Waals surface area (Å²) in [5, 5.41) is 16.0. The number of amides is 1. The van der Waals surface area contributed by atoms with Crippen LogP contribution in [0.15, 0.2) is 39.5 Å². The first-order chi connectivity index (χ1) is 24.8. The zero-order valence-corrected chi connectivity index (χ0v) is 29.8. The van der Waals surface area contributed by atoms with Crippen molar-refractivity contribution in [3.8, 4) is 0 Å². The number of rotatable bonds is 19. The number of fused-ring (bicyclic) bond motifs is 1. The van der Waals surface area contributed by atoms with E-state index in [0.29, 0.717) is 30.1 Å². The molecule has 1 aliphatic rings. The van der Waals surface area contributed by atoms with Crippen molar-refractivity contribution < 1.29 is 61.1 Å². The van der Waals surface area contributed by atoms with Crippen LogP contribution in [0.5, 0.6) is 0 Å². The average molecular weight is 808 g/mol. The number of carbonyl (C=O) groups excluding carboxylic acids is 1. The van der Waals surface area contributed by atoms with Crippen LogP contribution in [0.2, 0.25) is 0 Å². The quantitative estimate of drug-likeness (QED) is 0.0218. The lowest BCUT2D eigenvalue weighted by Crippen LogP contribution is -2.33. The van der Waals surface area contributed by atoms with Crippen molar-refractivity contribution in [2.24, 2.45) is 16.5 Å². The summed E-state index contributed by atoms with van der Waals surface area (Å²) in [5.74, 6) is -0.146. The first kappa shape index (κ1) is 41.6. The third-order valence-corrected chi connectivity index (χ3v) is 10.6. The minimum atomic E-state index is -6.21. The second kappa shape index (κ2) is 17.8. The SMILES string of the molecule is NC(N)=NCCCCn1cnc2c(NCCNC(=O)/C=C/c3cn(C4CC(O)C(COP(=O)([O-])OP(=O)([O-])OP(=O)([O-])[O-])O4)c(=O)[nH]c3=O)ncnc21. The third-order valence-electron chi connectivity index (χ3n) is 6.94. The second-order valence-corrected chi connectivity index (χ2v) is 15.1. The van der Waals surface area contributed by atoms with Gasteiger partial charge in [0.05, 0.1) is 32.4 Å². The molecule has 3 aromatic rings. The predicted octanol–water partition coefficient (Wildman–Crippen LogP) is -4.56. The molecule has 29 heteroatoms. The van der Waals surface area contributed by atoms with Crippen LogP contribution in [0.1, 0.15) is 31.1 Å². The van der Waals surface area contributed by atoms with Crippen LogP contribution in [0.4, 0.5) is 5.82 Å². The summed E-state index contributed by atoms with van der Waals surface area (Å²) in [6.07, 6.45) is 2.93. The number of aliphatic hydroxyl groups excluding tert-OH is 1. The summed E-state index contributed by atoms with van der Waals surface area (Å²) in [6.45, 7) is 0.373. The fraction of sp³-hybridized carbons (Fsp3) is 0.458. The summed E-state index contributed by atoms with van der Waals surface area (Å²) in [7, 11) is -18.3. The molecule has 1 saturated heterocycles. The van der Waals surface area contributed by atoms with Crippen LogP contribution in [0.25, 0.3) is 17.2 Å². The number of aryl methyl sites for hydroxylation is 1. The topological polar surface area (TPSA) is 405 Å². The highest BCUT2D eigenvalue weighted by molar-refractivity contribution is 7.64. The summed E-state index contributed by atoms with van der Waals surface area (Å²) >= 11 is 0. The maximum atomic E-state index is 12.5. The minimum absolute atomic E-state index is 0.0302. The molecule has 0 bridgehead atoms. The van der Waals surface area contributed by atoms with Crippen LogP contribution in [-0.4, -0.2) is 84.5 Å². The Hall–Kier alpha value is -4.16. The van der Waals surface area contributed by atoms with E-state index >= 15 is 0 Å². The Morgan fingerprint density at radius 2 is 1.87 bits per heavy atom. The number of phosphoric ester groups is 1. The molecule has 5 atom stereocenters. The second-order valence-electron chi connectivity index (χ2n) is 10.9. The van der Waals surface area contributed by atoms with E-state index < -0.39 is 65.7 Å². The highest BCUT2D eigenvalue weighted by Gasteiger charge is 2.37. The maximum absolute atomic E-state index is 12.5. The van der Waals surface area contributed by atoms with E-state index in [1.165, 1.54) is 6.33 Å². The third kappa shape index (κ3) is 12.7. The number of aliphatic hydroxyl groups is 1. The van der Waals surface area contributed by atoms with Gasteiger partial charge in [0.15, 0.2) is 17.4 Å². The zero-order chi connectivity index (χ0) is 39.0. The van der Waals surface area contributed by atoms with Crippen LogP contribution < -0.4 is 52.9 Å². The average Bonchev–Trinajstić information content (AvgIpc) is 3.63. The van der Waals surface area contributed by atoms with Crippen molar-refractivity contribution in [2.45, 2.75) is 44.2 Å². The molecule has 5 unspecified atom stereocenters. The van der Waals surface area contributed by atoms with Crippen molar-refractivity contribution in [3.63, 3.8) is 0 Å². The fourth-order valence-electron chi connectivity index (χ4n) is 4.68. The Morgan fingerprint density at radius 3 is 2.58 bits per heavy atom. The molecule has 0 saturated carbocycles. The van der Waals surface area contributed by atoms with Gasteiger partial charge in [-0.05, 0) is 18.9 Å². The first-order valence-electron chi connectivity index (χ1n) is 15.1. The molecular weight excluding hydrogens is 775 g/mol. The van der Waals surface area contributed by atoms with Gasteiger partial charge in [-0.1, -0.05) is 0 Å². The Labute approximate surface area is 297 Å². The lowest BCUT2D eigenvalue weighted by molar-refractivity contribution is -0.339. The van der Waals surface area contributed by atoms with Crippen LogP contribution >= 0.6 is 23.5 Å². The van der Waals surface area contributed by atoms with Gasteiger partial charge in [0, 0.05) is 44.9 Å². The molecule has 0 radical (unpaired) electrons. The van der Waals surface area contributed by atoms with Gasteiger partial charge in [-0.3, -0.25) is 37.6 Å². The van der Waals surface area contributed by atoms with Crippen LogP contribution in [0, 0.1) is 0 Å². The van der Waals surface area contributed by atoms with E-state index in [1.54, 1.807) is 6.33 Å². The van der Waals surface area contributed by atoms with Gasteiger partial charge in [-0.15, -0.1) is 0 Å². The van der Waals surface area contributed by atoms with Crippen molar-refractivity contribution in [2.75, 3.05) is 31.6 Å². The number of aromatic nitrogens is 6. The van der Waals surface area contributed by atoms with Gasteiger partial charge in [0.1, 0.15) is 24.2 Å². The maximum Gasteiger partial charge on any atom is 0.330 e. The summed E-state index contributed by atoms with van der Waals surface area (Å²) in [5.41, 5.74) is 9.70. The number of carbonyl (C=O) groups is 1. The van der Waals surface area contributed by atoms with Crippen molar-refractivity contribution in [1.29, 1.82) is 0 Å². The molecule has 1 fully saturated rings. The largest absolute Gasteiger partial charge is 0.790 e. The first-order valence-corrected chi connectivity index (χ1v) is 19.5. The van der Waals surface area contributed by atoms with Crippen molar-refractivity contribution >= 4 is 58.4 Å². The molecule has 0 aliphatic carbocycles. The van der Waals surface area contributed by atoms with Crippen LogP contribution in [-0.2, 0) is 42.9 Å². The molecule has 292 valence electrons. The van der Waals surface area contributed by atoms with Gasteiger partial charge in [-0.2, -0.15) is 0 Å². The Bertz CT molecular complexity index is 2090. The number of nitrogens with zero attached hydrogens (tertiary/aromatic N) is 6. The molecule has 8 N–H and O–H groups in total. The van der Waals surface area contributed by atoms with Gasteiger partial charge in [0.25, 0.3) is 21.2 Å². The van der Waals surface area contributed by atoms with E-state index in [-0.39, 0.29) is 31.0 Å². The molecular formula is C24H32N11O15P3-4. The zero-order valence-electron chi connectivity index (χ0n) is 27.1. The molecule has 1 aliphatic heterocycles. The lowest BCUT2D eigenvalue weighted by Gasteiger charge is -2.37. The normalized spacial score (nSPS) is 19.9. The predicted molar refractivity (Wildman–Crippen MR) is 173 cm³/mol. The highest BCUT2D eigenvalue weighted by Crippen LogP contribution is 2.60. The fourth-order valence-corrected chi connectivity index (χ4v) is 7.55. The number of hydrogen-bond acceptors (Lipinski definition) is 20. The summed E-state index contributed by atoms with van der Waals surface area (Å²) in [4.78, 5) is 100. The van der Waals surface area contributed by atoms with Gasteiger partial charge >= 0.3 is 5.69 Å². The molecule has 53 heavy (non-hydrogen) atoms. The highest BCUT2D eigenvalue weighted by atomic mass is 31.3. The number of aliphatic imine (C=N–C) groups is 1. The number of aromatic amines is 1. The van der Waals surface area contributed by atoms with E-state index in [1.807, 2.05) is 9.55 Å². The minimum Gasteiger partial charge on any atom is -0.790 e. The van der Waals surface area contributed by atoms with Crippen molar-refractivity contribution in [1.82, 2.24) is 34.4 Å². The summed E-state index contributed by atoms with van der Waals surface area (Å²) < 4.78 is 52.5. The van der Waals surface area contributed by atoms with E-state index in [0.717, 1.165) is 35.8 Å². The number of H-pyrrole nitrogens is 1. The smallest absolute Gasteiger partial charge is 0.330 e. The number of hydrogen-bond donors (Lipinski definition) is 6. The number of imidazole rings is 1. The molecule has 26 nitrogen and oxygen atoms in total. The van der Waals surface area contributed by atoms with Gasteiger partial charge in [-0.25, -0.2) is 24.1 Å². The number of unbranched alkanes of at least 4 members (excludes halogenated alkanes) is 1. The van der Waals surface area contributed by atoms with Gasteiger partial charge < -0.3 is 65.2 Å². The van der Waals surface area contributed by atoms with Gasteiger partial charge in [0.2, 0.25) is 5.91 Å². The molecule has 0 aromatic carbocycles. The molecule has 3 aromatic heterocycles. The number of guanidine groups is 1. The lowest BCUT2D eigenvalue weighted by atomic mass is 10.2. The summed E-state index contributed by atoms with van der Waals surface area (Å²) in [6, 6.07) is 0. The number of ether oxygens (including phenoxy) is 1. The molecule has 4 rings (SSSR count). The Morgan fingerprint density at radius 1 is 1.11 bits per heavy atom. The van der Waals surface area contributed by atoms with Crippen LogP contribution in [0.3, 0.4) is 0 Å². The monoisotopic (exact) mass is 807 g/mol. The standard InChI is InChI=1S/C24H36N11O15P3/c25-23(26)29-5-1-2-8-34-13-32-19-20(30-12-31-21(19)34)28-7-6-27-17(37)4-3-14-10-35(24(39)33-22(14)38)18-9-15(36)16(48-18)11-47-52(43,44)50-53(45,46)49-51(40,41)42/h3-4,10,12-13,15-16,18,36H,1-2,5-9,11H2,(H,27,37)(H,43,44)(H,45,46)(H4,25,26,29)(H,28,30,31)(H,33,38,39)(H2,40,41,42)/p-4/b4-3+. The van der Waals surface area contributed by atoms with E-state index in [4.69, 9.17) is 16.2 Å². The number of phosphoric acid groups is 3. The Kier molecular flexibility index (Phi) is 14.0. The number of nitrogens with one attached hydrogen (secondary N) is 3. The molecule has 4 heterocycles. The number of nitrogens with two attached hydrogens (primary N) is 2.